The summed E-state index contributed by atoms with van der Waals surface area (Å²) in [4.78, 5) is 4.38. The van der Waals surface area contributed by atoms with Crippen LogP contribution in [0.4, 0.5) is 8.78 Å². The van der Waals surface area contributed by atoms with Gasteiger partial charge in [-0.25, -0.2) is 8.78 Å². The first-order valence-electron chi connectivity index (χ1n) is 10.4. The summed E-state index contributed by atoms with van der Waals surface area (Å²) in [6.07, 6.45) is -2.49. The molecule has 0 radical (unpaired) electrons. The van der Waals surface area contributed by atoms with E-state index < -0.39 is 31.9 Å². The summed E-state index contributed by atoms with van der Waals surface area (Å²) in [6.45, 7) is 14.1. The van der Waals surface area contributed by atoms with Crippen molar-refractivity contribution in [1.82, 2.24) is 10.3 Å². The quantitative estimate of drug-likeness (QED) is 0.664. The molecular weight excluding hydrogens is 394 g/mol. The third-order valence-corrected chi connectivity index (χ3v) is 11.7. The van der Waals surface area contributed by atoms with Gasteiger partial charge in [-0.3, -0.25) is 10.3 Å². The van der Waals surface area contributed by atoms with Crippen molar-refractivity contribution in [3.05, 3.63) is 29.1 Å². The molecule has 0 saturated carbocycles. The molecule has 3 heterocycles. The van der Waals surface area contributed by atoms with Crippen molar-refractivity contribution in [2.75, 3.05) is 19.8 Å². The summed E-state index contributed by atoms with van der Waals surface area (Å²) >= 11 is 0. The highest BCUT2D eigenvalue weighted by Gasteiger charge is 2.55. The zero-order chi connectivity index (χ0) is 21.7. The highest BCUT2D eigenvalue weighted by Crippen LogP contribution is 2.47. The maximum Gasteiger partial charge on any atom is 0.280 e. The van der Waals surface area contributed by atoms with Gasteiger partial charge in [0.1, 0.15) is 11.9 Å². The summed E-state index contributed by atoms with van der Waals surface area (Å²) in [5.41, 5.74) is -0.180. The second-order valence-electron chi connectivity index (χ2n) is 9.92. The van der Waals surface area contributed by atoms with Gasteiger partial charge in [0.2, 0.25) is 0 Å². The van der Waals surface area contributed by atoms with Gasteiger partial charge in [0.05, 0.1) is 29.9 Å². The van der Waals surface area contributed by atoms with E-state index in [-0.39, 0.29) is 10.7 Å². The molecule has 5 nitrogen and oxygen atoms in total. The van der Waals surface area contributed by atoms with Crippen molar-refractivity contribution in [1.29, 1.82) is 0 Å². The fourth-order valence-electron chi connectivity index (χ4n) is 4.01. The number of fused-ring (bicyclic) bond motifs is 2. The lowest BCUT2D eigenvalue weighted by Gasteiger charge is -2.54. The summed E-state index contributed by atoms with van der Waals surface area (Å²) < 4.78 is 38.6. The first-order valence-corrected chi connectivity index (χ1v) is 13.3. The Kier molecular flexibility index (Phi) is 5.99. The average molecular weight is 429 g/mol. The Morgan fingerprint density at radius 1 is 1.34 bits per heavy atom. The molecule has 2 unspecified atom stereocenters. The maximum atomic E-state index is 13.4. The molecule has 29 heavy (non-hydrogen) atoms. The second-order valence-corrected chi connectivity index (χ2v) is 14.7. The summed E-state index contributed by atoms with van der Waals surface area (Å²) in [6, 6.07) is 3.11. The smallest absolute Gasteiger partial charge is 0.280 e. The molecule has 0 aliphatic carbocycles. The van der Waals surface area contributed by atoms with E-state index in [1.54, 1.807) is 6.07 Å². The van der Waals surface area contributed by atoms with Gasteiger partial charge in [-0.1, -0.05) is 33.8 Å². The van der Waals surface area contributed by atoms with Crippen LogP contribution in [0.25, 0.3) is 0 Å². The van der Waals surface area contributed by atoms with Crippen LogP contribution in [0, 0.1) is 0 Å². The number of halogens is 2. The predicted octanol–water partition coefficient (Wildman–Crippen LogP) is 4.23. The van der Waals surface area contributed by atoms with Crippen molar-refractivity contribution in [3.8, 4) is 0 Å². The van der Waals surface area contributed by atoms with Gasteiger partial charge >= 0.3 is 0 Å². The SMILES string of the molecule is CCC1(CCO[Si](C)(C)C(C)(C)C)c2nc(C(F)F)ccc2C2(COC2)NC1O. The van der Waals surface area contributed by atoms with Gasteiger partial charge in [-0.15, -0.1) is 0 Å². The third kappa shape index (κ3) is 3.78. The van der Waals surface area contributed by atoms with Crippen molar-refractivity contribution in [2.24, 2.45) is 0 Å². The van der Waals surface area contributed by atoms with Gasteiger partial charge in [0, 0.05) is 6.61 Å². The molecule has 2 aliphatic heterocycles. The first kappa shape index (κ1) is 22.7. The van der Waals surface area contributed by atoms with E-state index in [4.69, 9.17) is 9.16 Å². The summed E-state index contributed by atoms with van der Waals surface area (Å²) in [7, 11) is -1.96. The molecule has 0 bridgehead atoms. The number of rotatable bonds is 6. The zero-order valence-electron chi connectivity index (χ0n) is 18.3. The van der Waals surface area contributed by atoms with Crippen LogP contribution in [0.15, 0.2) is 12.1 Å². The van der Waals surface area contributed by atoms with E-state index in [0.717, 1.165) is 5.56 Å². The number of hydrogen-bond donors (Lipinski definition) is 2. The molecule has 0 amide bonds. The zero-order valence-corrected chi connectivity index (χ0v) is 19.3. The molecule has 1 saturated heterocycles. The maximum absolute atomic E-state index is 13.4. The third-order valence-electron chi connectivity index (χ3n) is 7.21. The minimum atomic E-state index is -2.65. The minimum Gasteiger partial charge on any atom is -0.417 e. The number of aliphatic hydroxyl groups excluding tert-OH is 1. The van der Waals surface area contributed by atoms with E-state index >= 15 is 0 Å². The van der Waals surface area contributed by atoms with Gasteiger partial charge in [-0.2, -0.15) is 0 Å². The predicted molar refractivity (Wildman–Crippen MR) is 111 cm³/mol. The minimum absolute atomic E-state index is 0.0716. The average Bonchev–Trinajstić information content (AvgIpc) is 2.60. The number of pyridine rings is 1. The van der Waals surface area contributed by atoms with Gasteiger partial charge in [0.15, 0.2) is 8.32 Å². The number of nitrogens with zero attached hydrogens (tertiary/aromatic N) is 1. The number of aromatic nitrogens is 1. The number of nitrogens with one attached hydrogen (secondary N) is 1. The van der Waals surface area contributed by atoms with Gasteiger partial charge in [-0.05, 0) is 42.6 Å². The molecular formula is C21H34F2N2O3Si. The van der Waals surface area contributed by atoms with E-state index in [0.29, 0.717) is 38.4 Å². The Labute approximate surface area is 173 Å². The first-order chi connectivity index (χ1) is 13.4. The lowest BCUT2D eigenvalue weighted by molar-refractivity contribution is -0.129. The van der Waals surface area contributed by atoms with Crippen molar-refractivity contribution >= 4 is 8.32 Å². The fraction of sp³-hybridized carbons (Fsp3) is 0.762. The molecule has 0 aromatic carbocycles. The highest BCUT2D eigenvalue weighted by molar-refractivity contribution is 6.74. The summed E-state index contributed by atoms with van der Waals surface area (Å²) in [5.74, 6) is 0. The van der Waals surface area contributed by atoms with Gasteiger partial charge in [0.25, 0.3) is 6.43 Å². The summed E-state index contributed by atoms with van der Waals surface area (Å²) in [5, 5.41) is 14.5. The van der Waals surface area contributed by atoms with Crippen LogP contribution < -0.4 is 5.32 Å². The van der Waals surface area contributed by atoms with Crippen LogP contribution in [-0.2, 0) is 20.1 Å². The number of ether oxygens (including phenoxy) is 1. The van der Waals surface area contributed by atoms with Crippen LogP contribution in [-0.4, -0.2) is 44.5 Å². The Bertz CT molecular complexity index is 750. The van der Waals surface area contributed by atoms with Crippen LogP contribution in [0.5, 0.6) is 0 Å². The molecule has 2 atom stereocenters. The molecule has 1 aromatic heterocycles. The number of hydrogen-bond acceptors (Lipinski definition) is 5. The largest absolute Gasteiger partial charge is 0.417 e. The van der Waals surface area contributed by atoms with Crippen LogP contribution >= 0.6 is 0 Å². The standard InChI is InChI=1S/C21H34F2N2O3Si/c1-7-20(10-11-28-29(5,6)19(2,3)4)16-14(8-9-15(24-16)17(22)23)21(12-27-13-21)25-18(20)26/h8-9,17-18,25-26H,7,10-13H2,1-6H3. The topological polar surface area (TPSA) is 63.6 Å². The van der Waals surface area contributed by atoms with Crippen molar-refractivity contribution < 1.29 is 23.1 Å². The Morgan fingerprint density at radius 3 is 2.48 bits per heavy atom. The second kappa shape index (κ2) is 7.64. The Morgan fingerprint density at radius 2 is 2.00 bits per heavy atom. The molecule has 3 rings (SSSR count). The molecule has 1 aromatic rings. The van der Waals surface area contributed by atoms with Crippen molar-refractivity contribution in [2.45, 2.75) is 82.3 Å². The molecule has 1 spiro atoms. The Hall–Kier alpha value is -0.933. The normalized spacial score (nSPS) is 26.5. The highest BCUT2D eigenvalue weighted by atomic mass is 28.4. The van der Waals surface area contributed by atoms with E-state index in [9.17, 15) is 13.9 Å². The lowest BCUT2D eigenvalue weighted by Crippen LogP contribution is -2.69. The fourth-order valence-corrected chi connectivity index (χ4v) is 5.06. The molecule has 2 aliphatic rings. The molecule has 164 valence electrons. The van der Waals surface area contributed by atoms with E-state index in [2.05, 4.69) is 44.2 Å². The molecule has 8 heteroatoms. The van der Waals surface area contributed by atoms with E-state index in [1.807, 2.05) is 6.92 Å². The van der Waals surface area contributed by atoms with Crippen LogP contribution in [0.2, 0.25) is 18.1 Å². The van der Waals surface area contributed by atoms with E-state index in [1.165, 1.54) is 6.07 Å². The van der Waals surface area contributed by atoms with Crippen molar-refractivity contribution in [3.63, 3.8) is 0 Å². The lowest BCUT2D eigenvalue weighted by atomic mass is 9.67. The van der Waals surface area contributed by atoms with Crippen LogP contribution in [0.1, 0.15) is 63.9 Å². The number of alkyl halides is 2. The van der Waals surface area contributed by atoms with Crippen LogP contribution in [0.3, 0.4) is 0 Å². The monoisotopic (exact) mass is 428 g/mol. The van der Waals surface area contributed by atoms with Gasteiger partial charge < -0.3 is 14.3 Å². The molecule has 2 N–H and O–H groups in total. The Balaban J connectivity index is 1.97. The number of aliphatic hydroxyl groups is 1. The molecule has 1 fully saturated rings.